The normalized spacial score (nSPS) is 13.9. The molecular weight excluding hydrogens is 432 g/mol. The van der Waals surface area contributed by atoms with Crippen LogP contribution in [-0.2, 0) is 14.3 Å². The molecule has 3 rings (SSSR count). The Labute approximate surface area is 200 Å². The predicted molar refractivity (Wildman–Crippen MR) is 131 cm³/mol. The zero-order valence-electron chi connectivity index (χ0n) is 19.9. The number of hydrogen-bond donors (Lipinski definition) is 3. The average Bonchev–Trinajstić information content (AvgIpc) is 3.11. The molecule has 7 nitrogen and oxygen atoms in total. The van der Waals surface area contributed by atoms with Gasteiger partial charge in [-0.1, -0.05) is 68.8 Å². The second-order valence-corrected chi connectivity index (χ2v) is 9.00. The van der Waals surface area contributed by atoms with Crippen LogP contribution in [0.1, 0.15) is 63.0 Å². The highest BCUT2D eigenvalue weighted by Crippen LogP contribution is 2.44. The molecule has 0 saturated heterocycles. The van der Waals surface area contributed by atoms with Crippen LogP contribution in [0.5, 0.6) is 0 Å². The molecule has 0 spiro atoms. The number of carbonyl (C=O) groups excluding carboxylic acids is 2. The molecule has 0 heterocycles. The van der Waals surface area contributed by atoms with Crippen LogP contribution in [0, 0.1) is 5.92 Å². The van der Waals surface area contributed by atoms with E-state index in [9.17, 15) is 14.4 Å². The molecule has 1 aliphatic rings. The lowest BCUT2D eigenvalue weighted by molar-refractivity contribution is -0.137. The fourth-order valence-corrected chi connectivity index (χ4v) is 4.56. The monoisotopic (exact) mass is 466 g/mol. The molecule has 2 aromatic carbocycles. The Hall–Kier alpha value is -3.35. The zero-order valence-corrected chi connectivity index (χ0v) is 19.9. The van der Waals surface area contributed by atoms with Gasteiger partial charge in [0, 0.05) is 24.9 Å². The first kappa shape index (κ1) is 25.3. The fourth-order valence-electron chi connectivity index (χ4n) is 4.56. The smallest absolute Gasteiger partial charge is 0.407 e. The predicted octanol–water partition coefficient (Wildman–Crippen LogP) is 4.70. The molecule has 7 heteroatoms. The maximum absolute atomic E-state index is 12.3. The van der Waals surface area contributed by atoms with Crippen molar-refractivity contribution in [2.45, 2.75) is 57.9 Å². The third-order valence-corrected chi connectivity index (χ3v) is 6.21. The van der Waals surface area contributed by atoms with Crippen molar-refractivity contribution in [3.05, 3.63) is 59.7 Å². The van der Waals surface area contributed by atoms with Crippen LogP contribution in [-0.4, -0.2) is 42.3 Å². The topological polar surface area (TPSA) is 105 Å². The van der Waals surface area contributed by atoms with Crippen molar-refractivity contribution in [1.82, 2.24) is 10.6 Å². The average molecular weight is 467 g/mol. The van der Waals surface area contributed by atoms with E-state index in [0.29, 0.717) is 19.4 Å². The largest absolute Gasteiger partial charge is 0.481 e. The van der Waals surface area contributed by atoms with Crippen molar-refractivity contribution >= 4 is 18.0 Å². The Balaban J connectivity index is 1.40. The number of aliphatic carboxylic acids is 1. The van der Waals surface area contributed by atoms with Crippen molar-refractivity contribution in [2.24, 2.45) is 5.92 Å². The molecule has 0 fully saturated rings. The van der Waals surface area contributed by atoms with Crippen molar-refractivity contribution in [3.63, 3.8) is 0 Å². The van der Waals surface area contributed by atoms with E-state index in [-0.39, 0.29) is 43.2 Å². The lowest BCUT2D eigenvalue weighted by Gasteiger charge is -2.18. The number of nitrogens with one attached hydrogen (secondary N) is 2. The number of alkyl carbamates (subject to hydrolysis) is 1. The summed E-state index contributed by atoms with van der Waals surface area (Å²) in [5, 5.41) is 14.6. The van der Waals surface area contributed by atoms with E-state index >= 15 is 0 Å². The third-order valence-electron chi connectivity index (χ3n) is 6.21. The number of carboxylic acids is 1. The molecule has 0 aliphatic heterocycles. The van der Waals surface area contributed by atoms with Crippen molar-refractivity contribution in [2.75, 3.05) is 13.2 Å². The van der Waals surface area contributed by atoms with Crippen molar-refractivity contribution in [1.29, 1.82) is 0 Å². The molecule has 0 radical (unpaired) electrons. The highest BCUT2D eigenvalue weighted by molar-refractivity contribution is 5.79. The first-order valence-corrected chi connectivity index (χ1v) is 12.0. The highest BCUT2D eigenvalue weighted by atomic mass is 16.5. The summed E-state index contributed by atoms with van der Waals surface area (Å²) in [6, 6.07) is 16.0. The fraction of sp³-hybridized carbons (Fsp3) is 0.444. The van der Waals surface area contributed by atoms with Gasteiger partial charge in [0.05, 0.1) is 6.42 Å². The van der Waals surface area contributed by atoms with E-state index in [1.165, 1.54) is 22.3 Å². The van der Waals surface area contributed by atoms with Crippen LogP contribution < -0.4 is 10.6 Å². The lowest BCUT2D eigenvalue weighted by atomic mass is 9.98. The van der Waals surface area contributed by atoms with Crippen molar-refractivity contribution in [3.8, 4) is 11.1 Å². The molecule has 2 atom stereocenters. The zero-order chi connectivity index (χ0) is 24.5. The number of rotatable bonds is 12. The quantitative estimate of drug-likeness (QED) is 0.421. The molecular formula is C27H34N2O5. The second kappa shape index (κ2) is 12.2. The minimum absolute atomic E-state index is 0.0163. The molecule has 2 amide bonds. The summed E-state index contributed by atoms with van der Waals surface area (Å²) in [6.45, 7) is 4.56. The molecule has 182 valence electrons. The summed E-state index contributed by atoms with van der Waals surface area (Å²) in [4.78, 5) is 35.5. The van der Waals surface area contributed by atoms with Gasteiger partial charge in [-0.05, 0) is 41.0 Å². The van der Waals surface area contributed by atoms with E-state index in [1.807, 2.05) is 38.1 Å². The first-order valence-electron chi connectivity index (χ1n) is 12.0. The maximum Gasteiger partial charge on any atom is 0.407 e. The number of hydrogen-bond acceptors (Lipinski definition) is 4. The summed E-state index contributed by atoms with van der Waals surface area (Å²) < 4.78 is 5.53. The molecule has 0 saturated carbocycles. The van der Waals surface area contributed by atoms with Gasteiger partial charge < -0.3 is 20.5 Å². The molecule has 2 aromatic rings. The van der Waals surface area contributed by atoms with E-state index in [0.717, 1.165) is 6.42 Å². The van der Waals surface area contributed by atoms with E-state index in [4.69, 9.17) is 9.84 Å². The molecule has 34 heavy (non-hydrogen) atoms. The Morgan fingerprint density at radius 1 is 0.971 bits per heavy atom. The van der Waals surface area contributed by atoms with Gasteiger partial charge in [-0.3, -0.25) is 9.59 Å². The number of benzene rings is 2. The molecule has 3 N–H and O–H groups in total. The van der Waals surface area contributed by atoms with Gasteiger partial charge in [0.1, 0.15) is 6.61 Å². The van der Waals surface area contributed by atoms with E-state index in [2.05, 4.69) is 34.9 Å². The first-order chi connectivity index (χ1) is 16.4. The number of ether oxygens (including phenoxy) is 1. The van der Waals surface area contributed by atoms with Gasteiger partial charge in [-0.2, -0.15) is 0 Å². The summed E-state index contributed by atoms with van der Waals surface area (Å²) >= 11 is 0. The van der Waals surface area contributed by atoms with Gasteiger partial charge in [0.25, 0.3) is 0 Å². The molecule has 1 unspecified atom stereocenters. The molecule has 0 bridgehead atoms. The Morgan fingerprint density at radius 2 is 1.59 bits per heavy atom. The number of amides is 2. The van der Waals surface area contributed by atoms with Crippen LogP contribution in [0.3, 0.4) is 0 Å². The highest BCUT2D eigenvalue weighted by Gasteiger charge is 2.29. The minimum atomic E-state index is -0.918. The van der Waals surface area contributed by atoms with Crippen LogP contribution in [0.25, 0.3) is 11.1 Å². The van der Waals surface area contributed by atoms with E-state index < -0.39 is 12.1 Å². The van der Waals surface area contributed by atoms with Gasteiger partial charge in [0.2, 0.25) is 5.91 Å². The minimum Gasteiger partial charge on any atom is -0.481 e. The number of fused-ring (bicyclic) bond motifs is 3. The Bertz CT molecular complexity index is 961. The standard InChI is InChI=1S/C27H34N2O5/c1-3-8-19(16-26(31)32)29-25(30)15-18(2)13-14-28-27(33)34-17-24-22-11-6-4-9-20(22)21-10-5-7-12-23(21)24/h4-7,9-12,18-19,24H,3,8,13-17H2,1-2H3,(H,28,33)(H,29,30)(H,31,32)/t18?,19-/m0/s1. The second-order valence-electron chi connectivity index (χ2n) is 9.00. The number of carbonyl (C=O) groups is 3. The van der Waals surface area contributed by atoms with Crippen LogP contribution in [0.2, 0.25) is 0 Å². The van der Waals surface area contributed by atoms with Crippen LogP contribution >= 0.6 is 0 Å². The summed E-state index contributed by atoms with van der Waals surface area (Å²) in [5.74, 6) is -1.02. The van der Waals surface area contributed by atoms with Crippen LogP contribution in [0.4, 0.5) is 4.79 Å². The SMILES string of the molecule is CCC[C@@H](CC(=O)O)NC(=O)CC(C)CCNC(=O)OCC1c2ccccc2-c2ccccc21. The summed E-state index contributed by atoms with van der Waals surface area (Å²) in [7, 11) is 0. The Morgan fingerprint density at radius 3 is 2.18 bits per heavy atom. The van der Waals surface area contributed by atoms with Crippen molar-refractivity contribution < 1.29 is 24.2 Å². The van der Waals surface area contributed by atoms with Gasteiger partial charge in [-0.15, -0.1) is 0 Å². The number of carboxylic acid groups (broad SMARTS) is 1. The van der Waals surface area contributed by atoms with Crippen LogP contribution in [0.15, 0.2) is 48.5 Å². The summed E-state index contributed by atoms with van der Waals surface area (Å²) in [5.41, 5.74) is 4.70. The molecule has 0 aromatic heterocycles. The van der Waals surface area contributed by atoms with Gasteiger partial charge in [0.15, 0.2) is 0 Å². The lowest BCUT2D eigenvalue weighted by Crippen LogP contribution is -2.37. The van der Waals surface area contributed by atoms with Gasteiger partial charge in [-0.25, -0.2) is 4.79 Å². The van der Waals surface area contributed by atoms with Gasteiger partial charge >= 0.3 is 12.1 Å². The third kappa shape index (κ3) is 6.83. The summed E-state index contributed by atoms with van der Waals surface area (Å²) in [6.07, 6.45) is 1.80. The maximum atomic E-state index is 12.3. The molecule has 1 aliphatic carbocycles. The Kier molecular flexibility index (Phi) is 9.08. The van der Waals surface area contributed by atoms with E-state index in [1.54, 1.807) is 0 Å².